The van der Waals surface area contributed by atoms with Crippen LogP contribution in [0.2, 0.25) is 0 Å². The van der Waals surface area contributed by atoms with Crippen LogP contribution in [0.25, 0.3) is 17.1 Å². The molecule has 2 heterocycles. The number of urea groups is 1. The lowest BCUT2D eigenvalue weighted by Gasteiger charge is -2.24. The molecular weight excluding hydrogens is 589 g/mol. The molecule has 0 aliphatic carbocycles. The number of halogens is 3. The van der Waals surface area contributed by atoms with E-state index in [2.05, 4.69) is 62.6 Å². The van der Waals surface area contributed by atoms with Crippen molar-refractivity contribution < 1.29 is 22.7 Å². The number of carbonyl (C=O) groups excluding carboxylic acids is 1. The molecule has 2 amide bonds. The summed E-state index contributed by atoms with van der Waals surface area (Å²) in [6.07, 6.45) is -1.67. The monoisotopic (exact) mass is 620 g/mol. The first-order valence-corrected chi connectivity index (χ1v) is 15.0. The van der Waals surface area contributed by atoms with Crippen LogP contribution in [-0.2, 0) is 0 Å². The summed E-state index contributed by atoms with van der Waals surface area (Å²) in [5.74, 6) is 1.18. The zero-order valence-corrected chi connectivity index (χ0v) is 25.4. The van der Waals surface area contributed by atoms with E-state index in [-0.39, 0.29) is 11.7 Å². The molecule has 1 saturated heterocycles. The molecule has 0 radical (unpaired) electrons. The van der Waals surface area contributed by atoms with Gasteiger partial charge in [0.2, 0.25) is 0 Å². The average Bonchev–Trinajstić information content (AvgIpc) is 3.66. The number of amidine groups is 1. The first kappa shape index (κ1) is 31.0. The number of carbonyl (C=O) groups is 1. The van der Waals surface area contributed by atoms with E-state index >= 15 is 0 Å². The molecule has 5 rings (SSSR count). The number of hydrogen-bond donors (Lipinski definition) is 0. The summed E-state index contributed by atoms with van der Waals surface area (Å²) in [6, 6.07) is 18.6. The minimum atomic E-state index is -4.75. The molecule has 1 aromatic heterocycles. The van der Waals surface area contributed by atoms with Crippen molar-refractivity contribution in [1.29, 1.82) is 0 Å². The van der Waals surface area contributed by atoms with Crippen molar-refractivity contribution in [2.24, 2.45) is 9.98 Å². The van der Waals surface area contributed by atoms with Crippen molar-refractivity contribution in [3.8, 4) is 22.8 Å². The third-order valence-corrected chi connectivity index (χ3v) is 8.02. The molecule has 0 spiro atoms. The van der Waals surface area contributed by atoms with Gasteiger partial charge in [0, 0.05) is 35.7 Å². The summed E-state index contributed by atoms with van der Waals surface area (Å²) in [7, 11) is 0. The predicted molar refractivity (Wildman–Crippen MR) is 168 cm³/mol. The van der Waals surface area contributed by atoms with Gasteiger partial charge in [-0.2, -0.15) is 4.99 Å². The lowest BCUT2D eigenvalue weighted by atomic mass is 9.95. The maximum Gasteiger partial charge on any atom is 0.573 e. The third-order valence-electron chi connectivity index (χ3n) is 7.07. The molecule has 228 valence electrons. The first-order valence-electron chi connectivity index (χ1n) is 14.0. The number of thioether (sulfide) groups is 1. The zero-order chi connectivity index (χ0) is 31.4. The summed E-state index contributed by atoms with van der Waals surface area (Å²) in [5.41, 5.74) is 5.79. The second-order valence-electron chi connectivity index (χ2n) is 10.6. The number of hydrogen-bond acceptors (Lipinski definition) is 5. The second-order valence-corrected chi connectivity index (χ2v) is 11.6. The van der Waals surface area contributed by atoms with Gasteiger partial charge in [0.15, 0.2) is 11.0 Å². The molecule has 0 N–H and O–H groups in total. The van der Waals surface area contributed by atoms with Gasteiger partial charge in [-0.25, -0.2) is 19.5 Å². The van der Waals surface area contributed by atoms with Gasteiger partial charge in [-0.05, 0) is 59.9 Å². The number of alkyl halides is 3. The number of aryl methyl sites for hydroxylation is 1. The summed E-state index contributed by atoms with van der Waals surface area (Å²) in [5, 5.41) is 5.10. The Labute approximate surface area is 257 Å². The Bertz CT molecular complexity index is 1680. The van der Waals surface area contributed by atoms with Crippen LogP contribution in [0.3, 0.4) is 0 Å². The Kier molecular flexibility index (Phi) is 9.19. The molecule has 12 heteroatoms. The Morgan fingerprint density at radius 2 is 1.77 bits per heavy atom. The second kappa shape index (κ2) is 13.0. The number of ether oxygens (including phenoxy) is 1. The van der Waals surface area contributed by atoms with Crippen LogP contribution in [0, 0.1) is 6.92 Å². The topological polar surface area (TPSA) is 85.0 Å². The fourth-order valence-corrected chi connectivity index (χ4v) is 5.94. The van der Waals surface area contributed by atoms with E-state index in [1.165, 1.54) is 46.4 Å². The summed E-state index contributed by atoms with van der Waals surface area (Å²) < 4.78 is 42.6. The third kappa shape index (κ3) is 7.36. The highest BCUT2D eigenvalue weighted by atomic mass is 32.2. The standard InChI is InChI=1S/C32H31F3N6O2S/c1-20(2)28-21(3)6-5-7-27(28)40-16-17-44-31(40)38-30(42)36-18-22(4)23-8-10-24(11-9-23)29-37-19-41(39-29)25-12-14-26(15-13-25)43-32(33,34)35/h5-15,18-20,22H,16-17H2,1-4H3. The molecule has 1 aliphatic heterocycles. The van der Waals surface area contributed by atoms with E-state index in [9.17, 15) is 18.0 Å². The van der Waals surface area contributed by atoms with Crippen LogP contribution in [0.5, 0.6) is 5.75 Å². The molecule has 3 aromatic carbocycles. The van der Waals surface area contributed by atoms with E-state index in [4.69, 9.17) is 0 Å². The van der Waals surface area contributed by atoms with E-state index in [1.807, 2.05) is 37.3 Å². The number of aliphatic imine (C=N–C) groups is 2. The van der Waals surface area contributed by atoms with Gasteiger partial charge in [-0.15, -0.1) is 18.3 Å². The SMILES string of the molecule is Cc1cccc(N2CCSC2=NC(=O)N=CC(C)c2ccc(-c3ncn(-c4ccc(OC(F)(F)F)cc4)n3)cc2)c1C(C)C. The van der Waals surface area contributed by atoms with E-state index in [0.717, 1.165) is 29.1 Å². The fourth-order valence-electron chi connectivity index (χ4n) is 5.00. The minimum Gasteiger partial charge on any atom is -0.406 e. The Hall–Kier alpha value is -4.45. The van der Waals surface area contributed by atoms with Crippen LogP contribution in [0.15, 0.2) is 83.0 Å². The van der Waals surface area contributed by atoms with Gasteiger partial charge in [0.05, 0.1) is 5.69 Å². The van der Waals surface area contributed by atoms with Crippen LogP contribution >= 0.6 is 11.8 Å². The van der Waals surface area contributed by atoms with Gasteiger partial charge in [0.1, 0.15) is 12.1 Å². The van der Waals surface area contributed by atoms with Gasteiger partial charge in [-0.1, -0.05) is 68.9 Å². The Morgan fingerprint density at radius 3 is 2.45 bits per heavy atom. The van der Waals surface area contributed by atoms with Gasteiger partial charge >= 0.3 is 12.4 Å². The number of amides is 2. The normalized spacial score (nSPS) is 15.5. The number of aromatic nitrogens is 3. The van der Waals surface area contributed by atoms with Crippen LogP contribution < -0.4 is 9.64 Å². The summed E-state index contributed by atoms with van der Waals surface area (Å²) in [6.45, 7) is 9.16. The quantitative estimate of drug-likeness (QED) is 0.194. The summed E-state index contributed by atoms with van der Waals surface area (Å²) in [4.78, 5) is 27.6. The number of nitrogens with zero attached hydrogens (tertiary/aromatic N) is 6. The molecule has 1 atom stereocenters. The van der Waals surface area contributed by atoms with Gasteiger partial charge < -0.3 is 9.64 Å². The Balaban J connectivity index is 1.23. The van der Waals surface area contributed by atoms with Crippen molar-refractivity contribution in [1.82, 2.24) is 14.8 Å². The number of rotatable bonds is 7. The van der Waals surface area contributed by atoms with E-state index < -0.39 is 12.4 Å². The first-order chi connectivity index (χ1) is 21.0. The molecule has 1 fully saturated rings. The van der Waals surface area contributed by atoms with Crippen molar-refractivity contribution >= 4 is 34.9 Å². The maximum absolute atomic E-state index is 12.7. The summed E-state index contributed by atoms with van der Waals surface area (Å²) >= 11 is 1.55. The Morgan fingerprint density at radius 1 is 1.05 bits per heavy atom. The maximum atomic E-state index is 12.7. The highest BCUT2D eigenvalue weighted by molar-refractivity contribution is 8.14. The van der Waals surface area contributed by atoms with Crippen molar-refractivity contribution in [2.45, 2.75) is 45.9 Å². The van der Waals surface area contributed by atoms with Crippen molar-refractivity contribution in [2.75, 3.05) is 17.2 Å². The van der Waals surface area contributed by atoms with Crippen LogP contribution in [0.1, 0.15) is 49.3 Å². The highest BCUT2D eigenvalue weighted by Gasteiger charge is 2.31. The van der Waals surface area contributed by atoms with Gasteiger partial charge in [-0.3, -0.25) is 0 Å². The molecule has 8 nitrogen and oxygen atoms in total. The van der Waals surface area contributed by atoms with Crippen LogP contribution in [-0.4, -0.2) is 50.8 Å². The molecule has 0 bridgehead atoms. The van der Waals surface area contributed by atoms with Crippen molar-refractivity contribution in [3.05, 3.63) is 89.7 Å². The number of benzene rings is 3. The predicted octanol–water partition coefficient (Wildman–Crippen LogP) is 8.17. The average molecular weight is 621 g/mol. The molecule has 44 heavy (non-hydrogen) atoms. The van der Waals surface area contributed by atoms with Crippen LogP contribution in [0.4, 0.5) is 23.7 Å². The van der Waals surface area contributed by atoms with Crippen molar-refractivity contribution in [3.63, 3.8) is 0 Å². The zero-order valence-electron chi connectivity index (χ0n) is 24.6. The lowest BCUT2D eigenvalue weighted by molar-refractivity contribution is -0.274. The van der Waals surface area contributed by atoms with E-state index in [1.54, 1.807) is 18.0 Å². The van der Waals surface area contributed by atoms with Gasteiger partial charge in [0.25, 0.3) is 0 Å². The fraction of sp³-hybridized carbons (Fsp3) is 0.281. The smallest absolute Gasteiger partial charge is 0.406 e. The lowest BCUT2D eigenvalue weighted by Crippen LogP contribution is -2.26. The molecule has 1 aliphatic rings. The number of anilines is 1. The minimum absolute atomic E-state index is 0.146. The largest absolute Gasteiger partial charge is 0.573 e. The molecule has 1 unspecified atom stereocenters. The molecular formula is C32H31F3N6O2S. The molecule has 4 aromatic rings. The molecule has 0 saturated carbocycles. The highest BCUT2D eigenvalue weighted by Crippen LogP contribution is 2.35. The van der Waals surface area contributed by atoms with E-state index in [0.29, 0.717) is 22.6 Å².